The van der Waals surface area contributed by atoms with Crippen LogP contribution in [0.5, 0.6) is 11.5 Å². The zero-order valence-electron chi connectivity index (χ0n) is 13.7. The summed E-state index contributed by atoms with van der Waals surface area (Å²) in [6.07, 6.45) is 6.87. The van der Waals surface area contributed by atoms with Gasteiger partial charge in [0.15, 0.2) is 0 Å². The van der Waals surface area contributed by atoms with Crippen molar-refractivity contribution in [1.82, 2.24) is 0 Å². The first-order valence-electron chi connectivity index (χ1n) is 8.08. The van der Waals surface area contributed by atoms with Gasteiger partial charge < -0.3 is 14.9 Å². The Bertz CT molecular complexity index is 702. The number of carboxylic acid groups (broad SMARTS) is 1. The molecular formula is C20H22O4. The minimum absolute atomic E-state index is 0.0929. The Kier molecular flexibility index (Phi) is 6.43. The molecule has 0 aromatic heterocycles. The number of hydrogen-bond donors (Lipinski definition) is 2. The minimum atomic E-state index is -1.15. The summed E-state index contributed by atoms with van der Waals surface area (Å²) in [5.74, 6) is -0.559. The van der Waals surface area contributed by atoms with Crippen LogP contribution in [0.25, 0.3) is 12.2 Å². The lowest BCUT2D eigenvalue weighted by Crippen LogP contribution is -1.99. The summed E-state index contributed by atoms with van der Waals surface area (Å²) in [5.41, 5.74) is 1.29. The third-order valence-corrected chi connectivity index (χ3v) is 3.64. The molecule has 0 saturated carbocycles. The average molecular weight is 326 g/mol. The lowest BCUT2D eigenvalue weighted by Gasteiger charge is -2.06. The van der Waals surface area contributed by atoms with Crippen molar-refractivity contribution < 1.29 is 19.7 Å². The number of carboxylic acids is 1. The molecule has 4 heteroatoms. The van der Waals surface area contributed by atoms with Crippen LogP contribution < -0.4 is 4.74 Å². The molecule has 4 nitrogen and oxygen atoms in total. The Morgan fingerprint density at radius 3 is 2.50 bits per heavy atom. The van der Waals surface area contributed by atoms with E-state index in [0.29, 0.717) is 12.2 Å². The number of phenols is 1. The molecule has 2 aromatic rings. The van der Waals surface area contributed by atoms with Crippen molar-refractivity contribution in [3.05, 3.63) is 59.2 Å². The van der Waals surface area contributed by atoms with E-state index in [9.17, 15) is 15.0 Å². The predicted octanol–water partition coefficient (Wildman–Crippen LogP) is 4.83. The number of aromatic carboxylic acids is 1. The standard InChI is InChI=1S/C20H22O4/c1-2-3-4-14-24-17-12-9-15(10-13-17)8-11-16-6-5-7-18(21)19(16)20(22)23/h5-13,21H,2-4,14H2,1H3,(H,22,23)/b11-8+. The maximum atomic E-state index is 11.2. The van der Waals surface area contributed by atoms with Crippen LogP contribution >= 0.6 is 0 Å². The minimum Gasteiger partial charge on any atom is -0.507 e. The van der Waals surface area contributed by atoms with Crippen LogP contribution in [0.2, 0.25) is 0 Å². The summed E-state index contributed by atoms with van der Waals surface area (Å²) in [4.78, 5) is 11.2. The molecule has 0 heterocycles. The highest BCUT2D eigenvalue weighted by Gasteiger charge is 2.12. The van der Waals surface area contributed by atoms with Gasteiger partial charge in [0, 0.05) is 0 Å². The van der Waals surface area contributed by atoms with Gasteiger partial charge in [0.05, 0.1) is 6.61 Å². The Hall–Kier alpha value is -2.75. The maximum Gasteiger partial charge on any atom is 0.340 e. The normalized spacial score (nSPS) is 10.9. The Balaban J connectivity index is 2.05. The van der Waals surface area contributed by atoms with Gasteiger partial charge in [0.2, 0.25) is 0 Å². The van der Waals surface area contributed by atoms with Crippen molar-refractivity contribution in [3.8, 4) is 11.5 Å². The molecular weight excluding hydrogens is 304 g/mol. The highest BCUT2D eigenvalue weighted by molar-refractivity contribution is 5.96. The molecule has 126 valence electrons. The molecule has 0 aliphatic heterocycles. The number of aromatic hydroxyl groups is 1. The first-order chi connectivity index (χ1) is 11.6. The highest BCUT2D eigenvalue weighted by atomic mass is 16.5. The number of hydrogen-bond acceptors (Lipinski definition) is 3. The fraction of sp³-hybridized carbons (Fsp3) is 0.250. The van der Waals surface area contributed by atoms with Gasteiger partial charge in [-0.1, -0.05) is 56.2 Å². The summed E-state index contributed by atoms with van der Waals surface area (Å²) >= 11 is 0. The summed E-state index contributed by atoms with van der Waals surface area (Å²) in [6.45, 7) is 2.87. The summed E-state index contributed by atoms with van der Waals surface area (Å²) in [5, 5.41) is 18.9. The van der Waals surface area contributed by atoms with E-state index in [-0.39, 0.29) is 11.3 Å². The van der Waals surface area contributed by atoms with Crippen molar-refractivity contribution in [2.75, 3.05) is 6.61 Å². The molecule has 2 aromatic carbocycles. The van der Waals surface area contributed by atoms with Crippen molar-refractivity contribution >= 4 is 18.1 Å². The molecule has 2 N–H and O–H groups in total. The van der Waals surface area contributed by atoms with E-state index in [1.165, 1.54) is 12.5 Å². The molecule has 0 amide bonds. The molecule has 0 spiro atoms. The van der Waals surface area contributed by atoms with E-state index < -0.39 is 5.97 Å². The van der Waals surface area contributed by atoms with Crippen LogP contribution in [-0.4, -0.2) is 22.8 Å². The fourth-order valence-corrected chi connectivity index (χ4v) is 2.33. The fourth-order valence-electron chi connectivity index (χ4n) is 2.33. The Labute approximate surface area is 142 Å². The predicted molar refractivity (Wildman–Crippen MR) is 95.5 cm³/mol. The number of ether oxygens (including phenoxy) is 1. The number of benzene rings is 2. The third-order valence-electron chi connectivity index (χ3n) is 3.64. The Morgan fingerprint density at radius 1 is 1.08 bits per heavy atom. The molecule has 0 aliphatic carbocycles. The van der Waals surface area contributed by atoms with E-state index in [0.717, 1.165) is 24.2 Å². The van der Waals surface area contributed by atoms with Crippen molar-refractivity contribution in [2.24, 2.45) is 0 Å². The van der Waals surface area contributed by atoms with Gasteiger partial charge in [-0.05, 0) is 35.7 Å². The maximum absolute atomic E-state index is 11.2. The van der Waals surface area contributed by atoms with Gasteiger partial charge in [0.25, 0.3) is 0 Å². The van der Waals surface area contributed by atoms with Gasteiger partial charge in [-0.15, -0.1) is 0 Å². The summed E-state index contributed by atoms with van der Waals surface area (Å²) in [6, 6.07) is 12.3. The van der Waals surface area contributed by atoms with Gasteiger partial charge in [0.1, 0.15) is 17.1 Å². The number of rotatable bonds is 8. The van der Waals surface area contributed by atoms with Gasteiger partial charge in [-0.2, -0.15) is 0 Å². The smallest absolute Gasteiger partial charge is 0.340 e. The molecule has 0 fully saturated rings. The van der Waals surface area contributed by atoms with Crippen molar-refractivity contribution in [1.29, 1.82) is 0 Å². The largest absolute Gasteiger partial charge is 0.507 e. The second-order valence-corrected chi connectivity index (χ2v) is 5.50. The van der Waals surface area contributed by atoms with E-state index in [1.807, 2.05) is 30.3 Å². The highest BCUT2D eigenvalue weighted by Crippen LogP contribution is 2.23. The van der Waals surface area contributed by atoms with Crippen LogP contribution in [0.3, 0.4) is 0 Å². The first-order valence-corrected chi connectivity index (χ1v) is 8.08. The van der Waals surface area contributed by atoms with E-state index in [4.69, 9.17) is 4.74 Å². The van der Waals surface area contributed by atoms with Gasteiger partial charge in [-0.25, -0.2) is 4.79 Å². The zero-order chi connectivity index (χ0) is 17.4. The molecule has 0 saturated heterocycles. The van der Waals surface area contributed by atoms with Gasteiger partial charge in [-0.3, -0.25) is 0 Å². The molecule has 0 bridgehead atoms. The average Bonchev–Trinajstić information content (AvgIpc) is 2.57. The zero-order valence-corrected chi connectivity index (χ0v) is 13.7. The van der Waals surface area contributed by atoms with Crippen LogP contribution in [0.4, 0.5) is 0 Å². The second-order valence-electron chi connectivity index (χ2n) is 5.50. The van der Waals surface area contributed by atoms with Crippen LogP contribution in [0, 0.1) is 0 Å². The molecule has 0 radical (unpaired) electrons. The van der Waals surface area contributed by atoms with Crippen LogP contribution in [-0.2, 0) is 0 Å². The van der Waals surface area contributed by atoms with Crippen molar-refractivity contribution in [2.45, 2.75) is 26.2 Å². The molecule has 0 unspecified atom stereocenters. The molecule has 2 rings (SSSR count). The number of carbonyl (C=O) groups is 1. The molecule has 0 aliphatic rings. The summed E-state index contributed by atoms with van der Waals surface area (Å²) in [7, 11) is 0. The summed E-state index contributed by atoms with van der Waals surface area (Å²) < 4.78 is 5.66. The molecule has 24 heavy (non-hydrogen) atoms. The third kappa shape index (κ3) is 4.88. The first kappa shape index (κ1) is 17.6. The SMILES string of the molecule is CCCCCOc1ccc(/C=C/c2cccc(O)c2C(=O)O)cc1. The van der Waals surface area contributed by atoms with Crippen LogP contribution in [0.1, 0.15) is 47.7 Å². The van der Waals surface area contributed by atoms with E-state index in [2.05, 4.69) is 6.92 Å². The number of unbranched alkanes of at least 4 members (excludes halogenated alkanes) is 2. The lowest BCUT2D eigenvalue weighted by atomic mass is 10.0. The monoisotopic (exact) mass is 326 g/mol. The van der Waals surface area contributed by atoms with Crippen LogP contribution in [0.15, 0.2) is 42.5 Å². The second kappa shape index (κ2) is 8.77. The van der Waals surface area contributed by atoms with E-state index >= 15 is 0 Å². The topological polar surface area (TPSA) is 66.8 Å². The Morgan fingerprint density at radius 2 is 1.83 bits per heavy atom. The van der Waals surface area contributed by atoms with Gasteiger partial charge >= 0.3 is 5.97 Å². The lowest BCUT2D eigenvalue weighted by molar-refractivity contribution is 0.0693. The van der Waals surface area contributed by atoms with Crippen molar-refractivity contribution in [3.63, 3.8) is 0 Å². The molecule has 0 atom stereocenters. The van der Waals surface area contributed by atoms with E-state index in [1.54, 1.807) is 18.2 Å². The quantitative estimate of drug-likeness (QED) is 0.538.